The molecule has 5 nitrogen and oxygen atoms in total. The van der Waals surface area contributed by atoms with Gasteiger partial charge in [0.25, 0.3) is 0 Å². The molecule has 4 aromatic rings. The van der Waals surface area contributed by atoms with Crippen molar-refractivity contribution in [2.24, 2.45) is 0 Å². The molecule has 5 heteroatoms. The predicted octanol–water partition coefficient (Wildman–Crippen LogP) is 2.93. The van der Waals surface area contributed by atoms with Crippen LogP contribution in [0, 0.1) is 0 Å². The van der Waals surface area contributed by atoms with E-state index in [1.807, 2.05) is 22.7 Å². The lowest BCUT2D eigenvalue weighted by molar-refractivity contribution is 0.841. The summed E-state index contributed by atoms with van der Waals surface area (Å²) in [6.07, 6.45) is 0.840. The number of hydrogen-bond acceptors (Lipinski definition) is 4. The molecule has 0 amide bonds. The van der Waals surface area contributed by atoms with Crippen molar-refractivity contribution in [2.45, 2.75) is 6.42 Å². The zero-order valence-electron chi connectivity index (χ0n) is 11.1. The lowest BCUT2D eigenvalue weighted by Gasteiger charge is -2.23. The van der Waals surface area contributed by atoms with Crippen LogP contribution >= 0.6 is 0 Å². The van der Waals surface area contributed by atoms with Crippen LogP contribution < -0.4 is 5.32 Å². The van der Waals surface area contributed by atoms with Crippen molar-refractivity contribution in [1.29, 1.82) is 0 Å². The molecule has 0 unspecified atom stereocenters. The molecule has 1 aliphatic rings. The Morgan fingerprint density at radius 2 is 1.86 bits per heavy atom. The summed E-state index contributed by atoms with van der Waals surface area (Å²) in [5.74, 6) is 0. The van der Waals surface area contributed by atoms with Crippen LogP contribution in [0.5, 0.6) is 0 Å². The number of fused-ring (bicyclic) bond motifs is 7. The first-order valence-electron chi connectivity index (χ1n) is 6.88. The smallest absolute Gasteiger partial charge is 0.185 e. The molecule has 0 fully saturated rings. The number of hydrogen-bond donors (Lipinski definition) is 1. The maximum atomic E-state index is 4.22. The number of aromatic nitrogens is 4. The van der Waals surface area contributed by atoms with Gasteiger partial charge in [0.1, 0.15) is 0 Å². The zero-order chi connectivity index (χ0) is 13.8. The van der Waals surface area contributed by atoms with Gasteiger partial charge in [-0.1, -0.05) is 36.4 Å². The number of nitrogens with one attached hydrogen (secondary N) is 1. The summed E-state index contributed by atoms with van der Waals surface area (Å²) < 4.78 is 1.82. The fraction of sp³-hybridized carbons (Fsp3) is 0.0625. The van der Waals surface area contributed by atoms with Gasteiger partial charge in [-0.2, -0.15) is 4.52 Å². The molecule has 0 radical (unpaired) electrons. The second-order valence-electron chi connectivity index (χ2n) is 5.24. The van der Waals surface area contributed by atoms with E-state index in [1.165, 1.54) is 5.56 Å². The van der Waals surface area contributed by atoms with Gasteiger partial charge in [-0.25, -0.2) is 0 Å². The Hall–Kier alpha value is -2.95. The minimum Gasteiger partial charge on any atom is -0.354 e. The molecule has 0 saturated carbocycles. The molecule has 1 aliphatic heterocycles. The van der Waals surface area contributed by atoms with Crippen molar-refractivity contribution in [1.82, 2.24) is 20.0 Å². The van der Waals surface area contributed by atoms with E-state index in [-0.39, 0.29) is 0 Å². The van der Waals surface area contributed by atoms with Crippen molar-refractivity contribution in [3.05, 3.63) is 59.7 Å². The van der Waals surface area contributed by atoms with Gasteiger partial charge >= 0.3 is 0 Å². The average Bonchev–Trinajstić information content (AvgIpc) is 3.03. The van der Waals surface area contributed by atoms with E-state index in [0.717, 1.165) is 39.9 Å². The summed E-state index contributed by atoms with van der Waals surface area (Å²) in [5, 5.41) is 16.9. The molecule has 5 rings (SSSR count). The minimum absolute atomic E-state index is 0.825. The second kappa shape index (κ2) is 3.79. The highest BCUT2D eigenvalue weighted by atomic mass is 15.5. The molecule has 0 spiro atoms. The van der Waals surface area contributed by atoms with E-state index in [2.05, 4.69) is 51.2 Å². The SMILES string of the molecule is c1ccc2c(c1)Cc1c(c3ccccc3n3nnnc13)N2. The molecule has 0 aliphatic carbocycles. The lowest BCUT2D eigenvalue weighted by Crippen LogP contribution is -2.10. The van der Waals surface area contributed by atoms with Crippen molar-refractivity contribution in [2.75, 3.05) is 5.32 Å². The largest absolute Gasteiger partial charge is 0.354 e. The standard InChI is InChI=1S/C16H11N5/c1-3-7-13-10(5-1)9-12-15(17-13)11-6-2-4-8-14(11)21-16(12)18-19-20-21/h1-8,17H,9H2. The zero-order valence-corrected chi connectivity index (χ0v) is 11.1. The van der Waals surface area contributed by atoms with E-state index in [0.29, 0.717) is 0 Å². The maximum Gasteiger partial charge on any atom is 0.185 e. The third-order valence-electron chi connectivity index (χ3n) is 4.09. The molecular formula is C16H11N5. The lowest BCUT2D eigenvalue weighted by atomic mass is 9.96. The van der Waals surface area contributed by atoms with Crippen LogP contribution in [0.3, 0.4) is 0 Å². The molecular weight excluding hydrogens is 262 g/mol. The molecule has 0 bridgehead atoms. The van der Waals surface area contributed by atoms with Gasteiger partial charge in [-0.15, -0.1) is 5.10 Å². The fourth-order valence-corrected chi connectivity index (χ4v) is 3.11. The molecule has 100 valence electrons. The van der Waals surface area contributed by atoms with E-state index in [4.69, 9.17) is 0 Å². The van der Waals surface area contributed by atoms with Gasteiger partial charge < -0.3 is 5.32 Å². The Bertz CT molecular complexity index is 1000. The first-order valence-corrected chi connectivity index (χ1v) is 6.88. The van der Waals surface area contributed by atoms with Crippen LogP contribution in [0.4, 0.5) is 11.4 Å². The summed E-state index contributed by atoms with van der Waals surface area (Å²) in [6, 6.07) is 16.6. The van der Waals surface area contributed by atoms with Crippen molar-refractivity contribution in [3.63, 3.8) is 0 Å². The van der Waals surface area contributed by atoms with Gasteiger partial charge in [0.2, 0.25) is 0 Å². The van der Waals surface area contributed by atoms with Gasteiger partial charge in [0, 0.05) is 23.1 Å². The highest BCUT2D eigenvalue weighted by molar-refractivity contribution is 5.99. The Morgan fingerprint density at radius 3 is 2.86 bits per heavy atom. The summed E-state index contributed by atoms with van der Waals surface area (Å²) >= 11 is 0. The van der Waals surface area contributed by atoms with Crippen molar-refractivity contribution in [3.8, 4) is 0 Å². The number of benzene rings is 2. The quantitative estimate of drug-likeness (QED) is 0.471. The third kappa shape index (κ3) is 1.37. The summed E-state index contributed by atoms with van der Waals surface area (Å²) in [7, 11) is 0. The number of nitrogens with zero attached hydrogens (tertiary/aromatic N) is 4. The molecule has 2 aromatic heterocycles. The van der Waals surface area contributed by atoms with Crippen LogP contribution in [-0.2, 0) is 6.42 Å². The fourth-order valence-electron chi connectivity index (χ4n) is 3.11. The van der Waals surface area contributed by atoms with Crippen molar-refractivity contribution >= 4 is 27.9 Å². The topological polar surface area (TPSA) is 55.1 Å². The number of para-hydroxylation sites is 2. The highest BCUT2D eigenvalue weighted by Gasteiger charge is 2.22. The number of tetrazole rings is 1. The number of rotatable bonds is 0. The molecule has 2 aromatic carbocycles. The molecule has 0 saturated heterocycles. The van der Waals surface area contributed by atoms with Gasteiger partial charge in [0.05, 0.1) is 11.2 Å². The second-order valence-corrected chi connectivity index (χ2v) is 5.24. The molecule has 21 heavy (non-hydrogen) atoms. The van der Waals surface area contributed by atoms with Crippen LogP contribution in [0.15, 0.2) is 48.5 Å². The predicted molar refractivity (Wildman–Crippen MR) is 80.8 cm³/mol. The first kappa shape index (κ1) is 10.8. The monoisotopic (exact) mass is 273 g/mol. The maximum absolute atomic E-state index is 4.22. The summed E-state index contributed by atoms with van der Waals surface area (Å²) in [5.41, 5.74) is 6.54. The van der Waals surface area contributed by atoms with Crippen LogP contribution in [-0.4, -0.2) is 20.0 Å². The Balaban J connectivity index is 1.93. The molecule has 0 atom stereocenters. The van der Waals surface area contributed by atoms with Crippen LogP contribution in [0.1, 0.15) is 11.1 Å². The van der Waals surface area contributed by atoms with E-state index in [1.54, 1.807) is 0 Å². The average molecular weight is 273 g/mol. The van der Waals surface area contributed by atoms with Gasteiger partial charge in [-0.3, -0.25) is 0 Å². The van der Waals surface area contributed by atoms with E-state index >= 15 is 0 Å². The van der Waals surface area contributed by atoms with E-state index in [9.17, 15) is 0 Å². The Morgan fingerprint density at radius 1 is 1.00 bits per heavy atom. The van der Waals surface area contributed by atoms with Crippen LogP contribution in [0.25, 0.3) is 16.6 Å². The normalized spacial score (nSPS) is 13.0. The third-order valence-corrected chi connectivity index (χ3v) is 4.09. The summed E-state index contributed by atoms with van der Waals surface area (Å²) in [4.78, 5) is 0. The summed E-state index contributed by atoms with van der Waals surface area (Å²) in [6.45, 7) is 0. The minimum atomic E-state index is 0.825. The van der Waals surface area contributed by atoms with Crippen LogP contribution in [0.2, 0.25) is 0 Å². The van der Waals surface area contributed by atoms with E-state index < -0.39 is 0 Å². The first-order chi connectivity index (χ1) is 10.4. The Labute approximate surface area is 120 Å². The molecule has 1 N–H and O–H groups in total. The molecule has 3 heterocycles. The van der Waals surface area contributed by atoms with Gasteiger partial charge in [-0.05, 0) is 28.1 Å². The number of pyridine rings is 1. The Kier molecular flexibility index (Phi) is 1.95. The highest BCUT2D eigenvalue weighted by Crippen LogP contribution is 2.38. The number of anilines is 2. The van der Waals surface area contributed by atoms with Crippen molar-refractivity contribution < 1.29 is 0 Å². The van der Waals surface area contributed by atoms with Gasteiger partial charge in [0.15, 0.2) is 5.65 Å².